The van der Waals surface area contributed by atoms with E-state index in [9.17, 15) is 0 Å². The van der Waals surface area contributed by atoms with E-state index in [1.165, 1.54) is 4.88 Å². The molecule has 2 aromatic rings. The van der Waals surface area contributed by atoms with Gasteiger partial charge >= 0.3 is 0 Å². The Labute approximate surface area is 140 Å². The monoisotopic (exact) mass is 417 g/mol. The first-order chi connectivity index (χ1) is 9.60. The molecule has 2 unspecified atom stereocenters. The Morgan fingerprint density at radius 1 is 1.20 bits per heavy atom. The highest BCUT2D eigenvalue weighted by Crippen LogP contribution is 2.31. The first-order valence-electron chi connectivity index (χ1n) is 6.45. The van der Waals surface area contributed by atoms with E-state index >= 15 is 0 Å². The summed E-state index contributed by atoms with van der Waals surface area (Å²) in [7, 11) is 0. The zero-order chi connectivity index (χ0) is 14.5. The minimum absolute atomic E-state index is 0.0102. The molecule has 0 aliphatic carbocycles. The van der Waals surface area contributed by atoms with E-state index in [1.54, 1.807) is 11.3 Å². The number of halogens is 2. The van der Waals surface area contributed by atoms with Gasteiger partial charge in [-0.1, -0.05) is 35.0 Å². The van der Waals surface area contributed by atoms with Gasteiger partial charge in [0.2, 0.25) is 0 Å². The van der Waals surface area contributed by atoms with Crippen molar-refractivity contribution in [2.45, 2.75) is 32.1 Å². The van der Waals surface area contributed by atoms with Gasteiger partial charge in [0.15, 0.2) is 0 Å². The summed E-state index contributed by atoms with van der Waals surface area (Å²) in [6.07, 6.45) is 0.834. The Morgan fingerprint density at radius 3 is 2.45 bits per heavy atom. The fraction of sp³-hybridized carbons (Fsp3) is 0.333. The SMILES string of the molecule is CCC(N)C(OCc1ccc(Br)cc1)c1cc(Br)cs1. The van der Waals surface area contributed by atoms with Crippen molar-refractivity contribution in [1.29, 1.82) is 0 Å². The maximum atomic E-state index is 6.21. The largest absolute Gasteiger partial charge is 0.366 e. The number of benzene rings is 1. The third-order valence-electron chi connectivity index (χ3n) is 3.07. The number of thiophene rings is 1. The van der Waals surface area contributed by atoms with E-state index < -0.39 is 0 Å². The van der Waals surface area contributed by atoms with E-state index in [1.807, 2.05) is 12.1 Å². The van der Waals surface area contributed by atoms with Crippen LogP contribution in [0, 0.1) is 0 Å². The molecule has 2 nitrogen and oxygen atoms in total. The molecule has 0 radical (unpaired) electrons. The number of ether oxygens (including phenoxy) is 1. The summed E-state index contributed by atoms with van der Waals surface area (Å²) in [5.74, 6) is 0. The summed E-state index contributed by atoms with van der Waals surface area (Å²) < 4.78 is 8.23. The van der Waals surface area contributed by atoms with Gasteiger partial charge in [0, 0.05) is 25.2 Å². The Morgan fingerprint density at radius 2 is 1.90 bits per heavy atom. The Hall–Kier alpha value is -0.200. The van der Waals surface area contributed by atoms with E-state index in [4.69, 9.17) is 10.5 Å². The van der Waals surface area contributed by atoms with Gasteiger partial charge < -0.3 is 10.5 Å². The smallest absolute Gasteiger partial charge is 0.107 e. The molecule has 0 saturated heterocycles. The lowest BCUT2D eigenvalue weighted by molar-refractivity contribution is 0.0236. The summed E-state index contributed by atoms with van der Waals surface area (Å²) in [4.78, 5) is 1.17. The van der Waals surface area contributed by atoms with Gasteiger partial charge in [-0.2, -0.15) is 0 Å². The van der Waals surface area contributed by atoms with E-state index in [2.05, 4.69) is 62.4 Å². The summed E-state index contributed by atoms with van der Waals surface area (Å²) in [6.45, 7) is 2.66. The molecule has 0 aliphatic heterocycles. The van der Waals surface area contributed by atoms with Gasteiger partial charge in [-0.3, -0.25) is 0 Å². The Bertz CT molecular complexity index is 541. The zero-order valence-corrected chi connectivity index (χ0v) is 15.2. The van der Waals surface area contributed by atoms with Gasteiger partial charge in [-0.25, -0.2) is 0 Å². The third kappa shape index (κ3) is 4.40. The number of hydrogen-bond donors (Lipinski definition) is 1. The van der Waals surface area contributed by atoms with Crippen molar-refractivity contribution < 1.29 is 4.74 Å². The summed E-state index contributed by atoms with van der Waals surface area (Å²) in [5.41, 5.74) is 7.36. The van der Waals surface area contributed by atoms with Gasteiger partial charge in [-0.15, -0.1) is 11.3 Å². The van der Waals surface area contributed by atoms with Crippen molar-refractivity contribution in [2.24, 2.45) is 5.73 Å². The maximum Gasteiger partial charge on any atom is 0.107 e. The molecular weight excluding hydrogens is 402 g/mol. The zero-order valence-electron chi connectivity index (χ0n) is 11.2. The van der Waals surface area contributed by atoms with Crippen LogP contribution in [0.2, 0.25) is 0 Å². The Kier molecular flexibility index (Phi) is 6.23. The third-order valence-corrected chi connectivity index (χ3v) is 5.35. The van der Waals surface area contributed by atoms with Crippen LogP contribution in [0.3, 0.4) is 0 Å². The second-order valence-corrected chi connectivity index (χ2v) is 7.37. The van der Waals surface area contributed by atoms with E-state index in [-0.39, 0.29) is 12.1 Å². The second kappa shape index (κ2) is 7.71. The highest BCUT2D eigenvalue weighted by molar-refractivity contribution is 9.10. The fourth-order valence-electron chi connectivity index (χ4n) is 1.87. The molecule has 2 rings (SSSR count). The molecule has 108 valence electrons. The second-order valence-electron chi connectivity index (χ2n) is 4.60. The van der Waals surface area contributed by atoms with Gasteiger partial charge in [0.05, 0.1) is 6.61 Å². The lowest BCUT2D eigenvalue weighted by Gasteiger charge is -2.22. The van der Waals surface area contributed by atoms with E-state index in [0.29, 0.717) is 6.61 Å². The van der Waals surface area contributed by atoms with Gasteiger partial charge in [-0.05, 0) is 46.1 Å². The molecule has 1 aromatic carbocycles. The van der Waals surface area contributed by atoms with Crippen LogP contribution in [0.1, 0.15) is 29.9 Å². The molecule has 2 N–H and O–H groups in total. The normalized spacial score (nSPS) is 14.2. The van der Waals surface area contributed by atoms with Crippen LogP contribution in [0.25, 0.3) is 0 Å². The molecule has 0 aliphatic rings. The average molecular weight is 419 g/mol. The van der Waals surface area contributed by atoms with Gasteiger partial charge in [0.1, 0.15) is 6.10 Å². The van der Waals surface area contributed by atoms with Crippen LogP contribution in [-0.4, -0.2) is 6.04 Å². The van der Waals surface area contributed by atoms with Crippen LogP contribution >= 0.6 is 43.2 Å². The lowest BCUT2D eigenvalue weighted by atomic mass is 10.1. The van der Waals surface area contributed by atoms with Crippen LogP contribution in [0.5, 0.6) is 0 Å². The van der Waals surface area contributed by atoms with E-state index in [0.717, 1.165) is 20.9 Å². The molecule has 5 heteroatoms. The minimum atomic E-state index is -0.0556. The highest BCUT2D eigenvalue weighted by Gasteiger charge is 2.21. The van der Waals surface area contributed by atoms with Crippen LogP contribution in [0.15, 0.2) is 44.7 Å². The van der Waals surface area contributed by atoms with Crippen LogP contribution in [0.4, 0.5) is 0 Å². The molecule has 0 fully saturated rings. The maximum absolute atomic E-state index is 6.21. The molecule has 2 atom stereocenters. The molecular formula is C15H17Br2NOS. The first-order valence-corrected chi connectivity index (χ1v) is 8.92. The summed E-state index contributed by atoms with van der Waals surface area (Å²) in [6, 6.07) is 10.3. The van der Waals surface area contributed by atoms with Crippen LogP contribution in [-0.2, 0) is 11.3 Å². The fourth-order valence-corrected chi connectivity index (χ4v) is 3.71. The number of rotatable bonds is 6. The number of hydrogen-bond acceptors (Lipinski definition) is 3. The molecule has 0 spiro atoms. The Balaban J connectivity index is 2.06. The lowest BCUT2D eigenvalue weighted by Crippen LogP contribution is -2.29. The van der Waals surface area contributed by atoms with Crippen LogP contribution < -0.4 is 5.73 Å². The quantitative estimate of drug-likeness (QED) is 0.693. The standard InChI is InChI=1S/C15H17Br2NOS/c1-2-13(18)15(14-7-12(17)9-20-14)19-8-10-3-5-11(16)6-4-10/h3-7,9,13,15H,2,8,18H2,1H3. The molecule has 0 amide bonds. The van der Waals surface area contributed by atoms with Crippen molar-refractivity contribution in [3.63, 3.8) is 0 Å². The predicted molar refractivity (Wildman–Crippen MR) is 92.0 cm³/mol. The molecule has 1 heterocycles. The minimum Gasteiger partial charge on any atom is -0.366 e. The topological polar surface area (TPSA) is 35.2 Å². The summed E-state index contributed by atoms with van der Waals surface area (Å²) >= 11 is 8.60. The molecule has 1 aromatic heterocycles. The molecule has 20 heavy (non-hydrogen) atoms. The summed E-state index contributed by atoms with van der Waals surface area (Å²) in [5, 5.41) is 2.06. The molecule has 0 saturated carbocycles. The molecule has 0 bridgehead atoms. The van der Waals surface area contributed by atoms with Crippen molar-refractivity contribution in [2.75, 3.05) is 0 Å². The van der Waals surface area contributed by atoms with Crippen molar-refractivity contribution in [3.8, 4) is 0 Å². The van der Waals surface area contributed by atoms with Crippen molar-refractivity contribution in [3.05, 3.63) is 55.1 Å². The van der Waals surface area contributed by atoms with Crippen molar-refractivity contribution in [1.82, 2.24) is 0 Å². The average Bonchev–Trinajstić information content (AvgIpc) is 2.87. The highest BCUT2D eigenvalue weighted by atomic mass is 79.9. The predicted octanol–water partition coefficient (Wildman–Crippen LogP) is 5.27. The van der Waals surface area contributed by atoms with Gasteiger partial charge in [0.25, 0.3) is 0 Å². The number of nitrogens with two attached hydrogens (primary N) is 1. The van der Waals surface area contributed by atoms with Crippen molar-refractivity contribution >= 4 is 43.2 Å². The first kappa shape index (κ1) is 16.2.